The molecule has 7 aromatic heterocycles. The van der Waals surface area contributed by atoms with Crippen LogP contribution in [0.4, 0.5) is 0 Å². The molecule has 27 rings (SSSR count). The van der Waals surface area contributed by atoms with E-state index in [1.165, 1.54) is 53.9 Å². The third kappa shape index (κ3) is 16.3. The second-order valence-electron chi connectivity index (χ2n) is 41.4. The van der Waals surface area contributed by atoms with Crippen molar-refractivity contribution in [3.63, 3.8) is 0 Å². The minimum absolute atomic E-state index is 0.407. The number of hydrogen-bond donors (Lipinski definition) is 0. The van der Waals surface area contributed by atoms with Crippen LogP contribution in [-0.2, 0) is 27.9 Å². The fourth-order valence-corrected chi connectivity index (χ4v) is 20.4. The van der Waals surface area contributed by atoms with Crippen LogP contribution in [-0.4, -0.2) is 94.4 Å². The third-order valence-electron chi connectivity index (χ3n) is 30.6. The van der Waals surface area contributed by atoms with Crippen molar-refractivity contribution in [2.24, 2.45) is 0 Å². The van der Waals surface area contributed by atoms with Crippen LogP contribution in [0.2, 0.25) is 0 Å². The van der Waals surface area contributed by atoms with E-state index < -0.39 is 55.0 Å². The van der Waals surface area contributed by atoms with Crippen LogP contribution in [0.3, 0.4) is 0 Å². The van der Waals surface area contributed by atoms with Crippen molar-refractivity contribution >= 4 is 157 Å². The SMILES string of the molecule is CC1(C)OB(c2ccc(-c3nc(-c4ccc5c(ccc6ccccc65)c4)cc(-c4ccc5oc6ccccc6c5c4)n3)cc2)OC1(C)C.CC1(C)OB(c2ccc(-c3nc(-c4ccc5oc6ccc7ccccc7c6c5c4)cc(-c4cccc5ccccc45)n3)cc2)OC1(C)C.CC1(C)OB(c2ccc(-c3nc(-c4ccccc4)cc(-c4ccc5c(c4)c4c6ccccc6ccc4n5-c4ccccn4)n3)cc2)OC1(C)C. The molecule has 3 fully saturated rings. The van der Waals surface area contributed by atoms with E-state index in [-0.39, 0.29) is 0 Å². The summed E-state index contributed by atoms with van der Waals surface area (Å²) in [5.74, 6) is 2.84. The number of fused-ring (bicyclic) bond motifs is 17. The summed E-state index contributed by atoms with van der Waals surface area (Å²) < 4.78 is 52.6. The Kier molecular flexibility index (Phi) is 22.1. The van der Waals surface area contributed by atoms with Crippen molar-refractivity contribution in [1.82, 2.24) is 39.5 Å². The van der Waals surface area contributed by atoms with E-state index in [0.29, 0.717) is 17.5 Å². The number of furan rings is 2. The fourth-order valence-electron chi connectivity index (χ4n) is 20.4. The number of nitrogens with zero attached hydrogens (tertiary/aromatic N) is 8. The molecule has 3 aliphatic heterocycles. The number of hydrogen-bond acceptors (Lipinski definition) is 15. The molecule has 0 atom stereocenters. The molecule has 0 spiro atoms. The highest BCUT2D eigenvalue weighted by Gasteiger charge is 2.54. The van der Waals surface area contributed by atoms with E-state index in [1.54, 1.807) is 0 Å². The third-order valence-corrected chi connectivity index (χ3v) is 30.6. The predicted molar refractivity (Wildman–Crippen MR) is 596 cm³/mol. The molecule has 706 valence electrons. The van der Waals surface area contributed by atoms with Gasteiger partial charge < -0.3 is 36.8 Å². The Balaban J connectivity index is 0.000000114. The van der Waals surface area contributed by atoms with Crippen LogP contribution in [0, 0.1) is 0 Å². The summed E-state index contributed by atoms with van der Waals surface area (Å²) in [6, 6.07) is 135. The first-order valence-electron chi connectivity index (χ1n) is 49.9. The van der Waals surface area contributed by atoms with Crippen LogP contribution in [0.5, 0.6) is 0 Å². The Morgan fingerprint density at radius 3 is 1.10 bits per heavy atom. The predicted octanol–water partition coefficient (Wildman–Crippen LogP) is 29.4. The smallest absolute Gasteiger partial charge is 0.456 e. The molecular weight excluding hydrogens is 1800 g/mol. The van der Waals surface area contributed by atoms with Crippen molar-refractivity contribution in [1.29, 1.82) is 0 Å². The summed E-state index contributed by atoms with van der Waals surface area (Å²) in [6.45, 7) is 24.9. The van der Waals surface area contributed by atoms with Gasteiger partial charge in [0.2, 0.25) is 0 Å². The average molecular weight is 1900 g/mol. The number of rotatable bonds is 13. The fraction of sp³-hybridized carbons (Fsp3) is 0.142. The van der Waals surface area contributed by atoms with Crippen LogP contribution >= 0.6 is 0 Å². The lowest BCUT2D eigenvalue weighted by Gasteiger charge is -2.32. The maximum absolute atomic E-state index is 6.32. The highest BCUT2D eigenvalue weighted by Crippen LogP contribution is 2.46. The van der Waals surface area contributed by atoms with Crippen molar-refractivity contribution in [2.75, 3.05) is 0 Å². The van der Waals surface area contributed by atoms with Crippen molar-refractivity contribution in [2.45, 2.75) is 117 Å². The standard InChI is InChI=1S/C43H35BN4O2.2C42H33BN2O3/c1-42(2)43(3,4)50-44(49-42)32-21-17-30(18-22-32)41-46-35(29-13-6-5-7-14-29)27-36(47-41)31-20-23-37-34(26-31)40-33-15-9-8-12-28(33)19-24-38(40)48(37)39-16-10-11-25-45-39;1-41(2)42(3,4)48-43(47-41)30-20-16-28(17-21-30)40-44-35(25-36(45-40)33-15-9-12-26-10-5-7-13-31(26)33)29-19-22-37-34(24-29)39-32-14-8-6-11-27(32)18-23-38(39)46-37;1-41(2)42(3,4)48-43(47-41)31-19-15-27(16-20-31)40-44-36(29-17-21-33-28(23-29)14-13-26-9-5-6-10-32(26)33)25-37(45-40)30-18-22-39-35(24-30)34-11-7-8-12-38(34)46-39/h5-27H,1-4H3;2*5-25H,1-4H3. The highest BCUT2D eigenvalue weighted by molar-refractivity contribution is 6.63. The average Bonchev–Trinajstić information content (AvgIpc) is 1.58. The van der Waals surface area contributed by atoms with Crippen LogP contribution in [0.15, 0.2) is 403 Å². The largest absolute Gasteiger partial charge is 0.494 e. The minimum Gasteiger partial charge on any atom is -0.456 e. The molecule has 146 heavy (non-hydrogen) atoms. The molecule has 3 saturated heterocycles. The van der Waals surface area contributed by atoms with Gasteiger partial charge >= 0.3 is 21.4 Å². The maximum atomic E-state index is 6.32. The molecule has 0 radical (unpaired) electrons. The maximum Gasteiger partial charge on any atom is 0.494 e. The Hall–Kier alpha value is -16.2. The van der Waals surface area contributed by atoms with E-state index in [9.17, 15) is 0 Å². The molecule has 0 saturated carbocycles. The molecular formula is C127H101B3N8O8. The van der Waals surface area contributed by atoms with Crippen molar-refractivity contribution in [3.05, 3.63) is 394 Å². The zero-order valence-corrected chi connectivity index (χ0v) is 83.1. The minimum atomic E-state index is -0.435. The summed E-state index contributed by atoms with van der Waals surface area (Å²) >= 11 is 0. The molecule has 0 N–H and O–H groups in total. The van der Waals surface area contributed by atoms with Gasteiger partial charge in [-0.25, -0.2) is 34.9 Å². The van der Waals surface area contributed by atoms with E-state index in [4.69, 9.17) is 71.6 Å². The van der Waals surface area contributed by atoms with Gasteiger partial charge in [-0.1, -0.05) is 285 Å². The Labute approximate surface area is 846 Å². The van der Waals surface area contributed by atoms with E-state index in [2.05, 4.69) is 421 Å². The van der Waals surface area contributed by atoms with Gasteiger partial charge in [0.1, 0.15) is 28.1 Å². The van der Waals surface area contributed by atoms with Gasteiger partial charge in [0, 0.05) is 88.6 Å². The second-order valence-corrected chi connectivity index (χ2v) is 41.4. The van der Waals surface area contributed by atoms with Crippen molar-refractivity contribution < 1.29 is 36.8 Å². The summed E-state index contributed by atoms with van der Waals surface area (Å²) in [5.41, 5.74) is 20.1. The molecule has 0 aliphatic carbocycles. The normalized spacial score (nSPS) is 15.5. The quantitative estimate of drug-likeness (QED) is 0.0786. The first kappa shape index (κ1) is 91.0. The van der Waals surface area contributed by atoms with Gasteiger partial charge in [0.15, 0.2) is 17.5 Å². The molecule has 24 aromatic rings. The summed E-state index contributed by atoms with van der Waals surface area (Å²) in [7, 11) is -1.30. The molecule has 0 unspecified atom stereocenters. The van der Waals surface area contributed by atoms with Gasteiger partial charge in [-0.3, -0.25) is 4.57 Å². The molecule has 16 nitrogen and oxygen atoms in total. The van der Waals surface area contributed by atoms with Gasteiger partial charge in [0.25, 0.3) is 0 Å². The number of benzene rings is 17. The Bertz CT molecular complexity index is 9260. The van der Waals surface area contributed by atoms with E-state index in [0.717, 1.165) is 172 Å². The lowest BCUT2D eigenvalue weighted by atomic mass is 9.79. The summed E-state index contributed by atoms with van der Waals surface area (Å²) in [6.07, 6.45) is 1.85. The lowest BCUT2D eigenvalue weighted by Crippen LogP contribution is -2.41. The summed E-state index contributed by atoms with van der Waals surface area (Å²) in [5, 5.41) is 18.6. The molecule has 0 bridgehead atoms. The van der Waals surface area contributed by atoms with Gasteiger partial charge in [0.05, 0.1) is 78.8 Å². The zero-order valence-electron chi connectivity index (χ0n) is 83.1. The summed E-state index contributed by atoms with van der Waals surface area (Å²) in [4.78, 5) is 35.7. The van der Waals surface area contributed by atoms with Crippen LogP contribution < -0.4 is 16.4 Å². The van der Waals surface area contributed by atoms with Gasteiger partial charge in [-0.2, -0.15) is 0 Å². The molecule has 3 aliphatic rings. The number of aromatic nitrogens is 8. The number of pyridine rings is 1. The van der Waals surface area contributed by atoms with Crippen LogP contribution in [0.25, 0.3) is 227 Å². The Morgan fingerprint density at radius 1 is 0.212 bits per heavy atom. The Morgan fingerprint density at radius 2 is 0.562 bits per heavy atom. The molecule has 0 amide bonds. The van der Waals surface area contributed by atoms with Crippen molar-refractivity contribution in [3.8, 4) is 108 Å². The van der Waals surface area contributed by atoms with E-state index >= 15 is 0 Å². The number of para-hydroxylation sites is 1. The van der Waals surface area contributed by atoms with Crippen LogP contribution in [0.1, 0.15) is 83.1 Å². The topological polar surface area (TPSA) is 177 Å². The van der Waals surface area contributed by atoms with E-state index in [1.807, 2.05) is 60.8 Å². The lowest BCUT2D eigenvalue weighted by molar-refractivity contribution is 0.00578. The molecule has 19 heteroatoms. The second kappa shape index (κ2) is 35.4. The molecule has 17 aromatic carbocycles. The first-order valence-corrected chi connectivity index (χ1v) is 49.9. The zero-order chi connectivity index (χ0) is 99.3. The molecule has 10 heterocycles. The van der Waals surface area contributed by atoms with Gasteiger partial charge in [-0.05, 0) is 256 Å². The monoisotopic (exact) mass is 1900 g/mol. The van der Waals surface area contributed by atoms with Gasteiger partial charge in [-0.15, -0.1) is 0 Å². The highest BCUT2D eigenvalue weighted by atomic mass is 16.7. The first-order chi connectivity index (χ1) is 70.7.